The van der Waals surface area contributed by atoms with Gasteiger partial charge in [-0.1, -0.05) is 30.3 Å². The van der Waals surface area contributed by atoms with Crippen molar-refractivity contribution in [3.05, 3.63) is 47.5 Å². The maximum absolute atomic E-state index is 12.5. The minimum atomic E-state index is -0.485. The quantitative estimate of drug-likeness (QED) is 0.351. The van der Waals surface area contributed by atoms with Gasteiger partial charge in [-0.3, -0.25) is 9.59 Å². The summed E-state index contributed by atoms with van der Waals surface area (Å²) in [4.78, 5) is 24.6. The number of ether oxygens (including phenoxy) is 5. The van der Waals surface area contributed by atoms with Crippen molar-refractivity contribution in [2.45, 2.75) is 13.3 Å². The lowest BCUT2D eigenvalue weighted by atomic mass is 9.90. The van der Waals surface area contributed by atoms with Crippen LogP contribution in [0.4, 0.5) is 0 Å². The van der Waals surface area contributed by atoms with E-state index in [0.29, 0.717) is 16.9 Å². The third-order valence-electron chi connectivity index (χ3n) is 3.99. The summed E-state index contributed by atoms with van der Waals surface area (Å²) in [5, 5.41) is 0. The summed E-state index contributed by atoms with van der Waals surface area (Å²) in [6, 6.07) is 10.9. The minimum Gasteiger partial charge on any atom is -0.469 e. The van der Waals surface area contributed by atoms with Gasteiger partial charge in [-0.05, 0) is 18.1 Å². The third kappa shape index (κ3) is 5.09. The van der Waals surface area contributed by atoms with E-state index in [4.69, 9.17) is 23.7 Å². The second-order valence-electron chi connectivity index (χ2n) is 5.88. The highest BCUT2D eigenvalue weighted by Crippen LogP contribution is 2.41. The van der Waals surface area contributed by atoms with E-state index >= 15 is 0 Å². The van der Waals surface area contributed by atoms with E-state index in [2.05, 4.69) is 0 Å². The molecule has 0 aliphatic carbocycles. The second kappa shape index (κ2) is 10.4. The second-order valence-corrected chi connectivity index (χ2v) is 5.88. The molecule has 150 valence electrons. The molecule has 0 aliphatic rings. The van der Waals surface area contributed by atoms with Crippen LogP contribution in [0.2, 0.25) is 0 Å². The summed E-state index contributed by atoms with van der Waals surface area (Å²) in [6.45, 7) is 1.34. The molecule has 0 heterocycles. The molecule has 0 atom stereocenters. The van der Waals surface area contributed by atoms with Crippen molar-refractivity contribution < 1.29 is 33.3 Å². The third-order valence-corrected chi connectivity index (χ3v) is 3.99. The number of ketones is 1. The van der Waals surface area contributed by atoms with Crippen LogP contribution in [0.15, 0.2) is 36.4 Å². The van der Waals surface area contributed by atoms with Gasteiger partial charge in [-0.2, -0.15) is 0 Å². The summed E-state index contributed by atoms with van der Waals surface area (Å²) in [5.41, 5.74) is 2.14. The number of esters is 1. The van der Waals surface area contributed by atoms with Crippen LogP contribution in [-0.2, 0) is 25.4 Å². The van der Waals surface area contributed by atoms with Crippen molar-refractivity contribution >= 4 is 11.8 Å². The molecular weight excluding hydrogens is 364 g/mol. The van der Waals surface area contributed by atoms with Gasteiger partial charge >= 0.3 is 5.97 Å². The molecule has 0 fully saturated rings. The molecule has 0 aromatic heterocycles. The lowest BCUT2D eigenvalue weighted by molar-refractivity contribution is -0.139. The molecule has 0 saturated carbocycles. The van der Waals surface area contributed by atoms with Gasteiger partial charge in [0.05, 0.1) is 19.1 Å². The fourth-order valence-electron chi connectivity index (χ4n) is 2.86. The molecule has 0 unspecified atom stereocenters. The summed E-state index contributed by atoms with van der Waals surface area (Å²) >= 11 is 0. The molecule has 0 N–H and O–H groups in total. The molecule has 0 aliphatic heterocycles. The van der Waals surface area contributed by atoms with Crippen LogP contribution in [-0.4, -0.2) is 46.7 Å². The van der Waals surface area contributed by atoms with Crippen LogP contribution in [0.1, 0.15) is 22.8 Å². The molecule has 0 amide bonds. The number of rotatable bonds is 10. The van der Waals surface area contributed by atoms with E-state index in [1.807, 2.05) is 30.3 Å². The Morgan fingerprint density at radius 1 is 0.893 bits per heavy atom. The van der Waals surface area contributed by atoms with E-state index in [-0.39, 0.29) is 37.1 Å². The monoisotopic (exact) mass is 388 g/mol. The Kier molecular flexibility index (Phi) is 7.98. The van der Waals surface area contributed by atoms with Gasteiger partial charge < -0.3 is 23.7 Å². The van der Waals surface area contributed by atoms with E-state index in [9.17, 15) is 9.59 Å². The van der Waals surface area contributed by atoms with Crippen LogP contribution >= 0.6 is 0 Å². The van der Waals surface area contributed by atoms with Gasteiger partial charge in [0.2, 0.25) is 0 Å². The van der Waals surface area contributed by atoms with Crippen LogP contribution in [0.25, 0.3) is 11.1 Å². The largest absolute Gasteiger partial charge is 0.469 e. The first-order valence-electron chi connectivity index (χ1n) is 8.60. The van der Waals surface area contributed by atoms with Crippen molar-refractivity contribution in [3.63, 3.8) is 0 Å². The molecule has 2 aromatic carbocycles. The standard InChI is InChI=1S/C21H24O7/c1-14(22)20-16(10-19(23)26-4)21(15-8-6-5-7-9-15)18(28-13-25-3)11-17(20)27-12-24-2/h5-9,11H,10,12-13H2,1-4H3. The minimum absolute atomic E-state index is 0.0133. The zero-order valence-corrected chi connectivity index (χ0v) is 16.4. The molecule has 7 heteroatoms. The summed E-state index contributed by atoms with van der Waals surface area (Å²) in [7, 11) is 4.28. The van der Waals surface area contributed by atoms with Gasteiger partial charge in [-0.15, -0.1) is 0 Å². The molecule has 28 heavy (non-hydrogen) atoms. The fraction of sp³-hybridized carbons (Fsp3) is 0.333. The first-order chi connectivity index (χ1) is 13.5. The highest BCUT2D eigenvalue weighted by Gasteiger charge is 2.26. The van der Waals surface area contributed by atoms with Crippen molar-refractivity contribution in [2.24, 2.45) is 0 Å². The molecule has 0 saturated heterocycles. The van der Waals surface area contributed by atoms with Crippen LogP contribution in [0.5, 0.6) is 11.5 Å². The Labute approximate surface area is 164 Å². The van der Waals surface area contributed by atoms with Crippen molar-refractivity contribution in [2.75, 3.05) is 34.9 Å². The molecule has 7 nitrogen and oxygen atoms in total. The molecule has 0 spiro atoms. The molecule has 0 bridgehead atoms. The zero-order valence-electron chi connectivity index (χ0n) is 16.4. The topological polar surface area (TPSA) is 80.3 Å². The Balaban J connectivity index is 2.81. The van der Waals surface area contributed by atoms with Gasteiger partial charge in [0.25, 0.3) is 0 Å². The van der Waals surface area contributed by atoms with E-state index in [1.165, 1.54) is 28.3 Å². The number of carbonyl (C=O) groups excluding carboxylic acids is 2. The maximum Gasteiger partial charge on any atom is 0.310 e. The summed E-state index contributed by atoms with van der Waals surface area (Å²) in [6.07, 6.45) is -0.122. The van der Waals surface area contributed by atoms with Gasteiger partial charge in [0.15, 0.2) is 19.4 Å². The number of methoxy groups -OCH3 is 3. The average Bonchev–Trinajstić information content (AvgIpc) is 2.70. The van der Waals surface area contributed by atoms with E-state index in [0.717, 1.165) is 5.56 Å². The summed E-state index contributed by atoms with van der Waals surface area (Å²) < 4.78 is 26.2. The Bertz CT molecular complexity index is 815. The highest BCUT2D eigenvalue weighted by atomic mass is 16.7. The van der Waals surface area contributed by atoms with Crippen LogP contribution in [0, 0.1) is 0 Å². The average molecular weight is 388 g/mol. The number of Topliss-reactive ketones (excluding diaryl/α,β-unsaturated/α-hetero) is 1. The smallest absolute Gasteiger partial charge is 0.310 e. The number of benzene rings is 2. The predicted molar refractivity (Wildman–Crippen MR) is 103 cm³/mol. The number of hydrogen-bond donors (Lipinski definition) is 0. The normalized spacial score (nSPS) is 10.4. The van der Waals surface area contributed by atoms with Crippen LogP contribution < -0.4 is 9.47 Å². The zero-order chi connectivity index (χ0) is 20.5. The first-order valence-corrected chi connectivity index (χ1v) is 8.60. The van der Waals surface area contributed by atoms with Crippen molar-refractivity contribution in [3.8, 4) is 22.6 Å². The van der Waals surface area contributed by atoms with Gasteiger partial charge in [-0.25, -0.2) is 0 Å². The number of carbonyl (C=O) groups is 2. The van der Waals surface area contributed by atoms with Crippen LogP contribution in [0.3, 0.4) is 0 Å². The number of hydrogen-bond acceptors (Lipinski definition) is 7. The molecule has 0 radical (unpaired) electrons. The van der Waals surface area contributed by atoms with E-state index in [1.54, 1.807) is 6.07 Å². The Hall–Kier alpha value is -2.90. The fourth-order valence-corrected chi connectivity index (χ4v) is 2.86. The predicted octanol–water partition coefficient (Wildman–Crippen LogP) is 3.24. The highest BCUT2D eigenvalue weighted by molar-refractivity contribution is 6.02. The SMILES string of the molecule is COCOc1cc(OCOC)c(-c2ccccc2)c(CC(=O)OC)c1C(C)=O. The first kappa shape index (κ1) is 21.4. The van der Waals surface area contributed by atoms with Gasteiger partial charge in [0.1, 0.15) is 11.5 Å². The molecule has 2 aromatic rings. The Morgan fingerprint density at radius 3 is 2.04 bits per heavy atom. The van der Waals surface area contributed by atoms with Gasteiger partial charge in [0, 0.05) is 25.8 Å². The molecule has 2 rings (SSSR count). The summed E-state index contributed by atoms with van der Waals surface area (Å²) in [5.74, 6) is -0.0520. The molecular formula is C21H24O7. The lowest BCUT2D eigenvalue weighted by Crippen LogP contribution is -2.14. The van der Waals surface area contributed by atoms with Crippen molar-refractivity contribution in [1.29, 1.82) is 0 Å². The van der Waals surface area contributed by atoms with Crippen molar-refractivity contribution in [1.82, 2.24) is 0 Å². The van der Waals surface area contributed by atoms with E-state index < -0.39 is 5.97 Å². The lowest BCUT2D eigenvalue weighted by Gasteiger charge is -2.21. The maximum atomic E-state index is 12.5. The Morgan fingerprint density at radius 2 is 1.50 bits per heavy atom.